The van der Waals surface area contributed by atoms with Gasteiger partial charge < -0.3 is 15.7 Å². The van der Waals surface area contributed by atoms with Crippen LogP contribution in [0.15, 0.2) is 18.2 Å². The van der Waals surface area contributed by atoms with Crippen LogP contribution >= 0.6 is 0 Å². The molecule has 0 fully saturated rings. The van der Waals surface area contributed by atoms with Gasteiger partial charge in [-0.3, -0.25) is 0 Å². The number of aliphatic hydroxyl groups excluding tert-OH is 1. The molecule has 1 heterocycles. The molecule has 0 aromatic heterocycles. The van der Waals surface area contributed by atoms with Gasteiger partial charge in [-0.15, -0.1) is 0 Å². The van der Waals surface area contributed by atoms with Crippen LogP contribution in [0.2, 0.25) is 0 Å². The Labute approximate surface area is 84.1 Å². The molecule has 3 N–H and O–H groups in total. The van der Waals surface area contributed by atoms with Gasteiger partial charge in [0.15, 0.2) is 0 Å². The molecule has 3 nitrogen and oxygen atoms in total. The van der Waals surface area contributed by atoms with Crippen LogP contribution in [0.25, 0.3) is 0 Å². The number of aliphatic hydroxyl groups is 1. The van der Waals surface area contributed by atoms with Crippen LogP contribution in [-0.4, -0.2) is 24.8 Å². The van der Waals surface area contributed by atoms with Crippen molar-refractivity contribution in [3.63, 3.8) is 0 Å². The molecule has 1 aromatic carbocycles. The van der Waals surface area contributed by atoms with Gasteiger partial charge in [-0.25, -0.2) is 0 Å². The number of anilines is 2. The lowest BCUT2D eigenvalue weighted by Gasteiger charge is -2.18. The fourth-order valence-corrected chi connectivity index (χ4v) is 1.98. The predicted octanol–water partition coefficient (Wildman–Crippen LogP) is 1.01. The van der Waals surface area contributed by atoms with Crippen molar-refractivity contribution in [3.05, 3.63) is 23.8 Å². The summed E-state index contributed by atoms with van der Waals surface area (Å²) in [6, 6.07) is 6.07. The molecule has 0 atom stereocenters. The smallest absolute Gasteiger partial charge is 0.0447 e. The molecular formula is C11H16N2O. The molecule has 1 aliphatic rings. The van der Waals surface area contributed by atoms with E-state index in [4.69, 9.17) is 10.8 Å². The van der Waals surface area contributed by atoms with Crippen molar-refractivity contribution >= 4 is 11.4 Å². The maximum Gasteiger partial charge on any atom is 0.0447 e. The van der Waals surface area contributed by atoms with Crippen LogP contribution in [0.5, 0.6) is 0 Å². The quantitative estimate of drug-likeness (QED) is 0.703. The van der Waals surface area contributed by atoms with E-state index in [0.717, 1.165) is 31.6 Å². The molecule has 0 radical (unpaired) electrons. The highest BCUT2D eigenvalue weighted by Crippen LogP contribution is 2.29. The SMILES string of the molecule is Nc1ccc2c(c1)CCN2CCCO. The fraction of sp³-hybridized carbons (Fsp3) is 0.455. The molecule has 0 saturated carbocycles. The Morgan fingerprint density at radius 2 is 2.29 bits per heavy atom. The maximum absolute atomic E-state index is 8.77. The van der Waals surface area contributed by atoms with Gasteiger partial charge in [0.1, 0.15) is 0 Å². The lowest BCUT2D eigenvalue weighted by molar-refractivity contribution is 0.290. The minimum Gasteiger partial charge on any atom is -0.399 e. The van der Waals surface area contributed by atoms with Crippen LogP contribution < -0.4 is 10.6 Å². The van der Waals surface area contributed by atoms with Gasteiger partial charge in [-0.1, -0.05) is 0 Å². The van der Waals surface area contributed by atoms with Gasteiger partial charge in [-0.05, 0) is 36.6 Å². The van der Waals surface area contributed by atoms with Crippen LogP contribution in [0.1, 0.15) is 12.0 Å². The molecule has 0 spiro atoms. The third kappa shape index (κ3) is 1.68. The minimum absolute atomic E-state index is 0.265. The molecule has 0 saturated heterocycles. The molecule has 2 rings (SSSR count). The first-order valence-electron chi connectivity index (χ1n) is 5.05. The average Bonchev–Trinajstić information content (AvgIpc) is 2.57. The monoisotopic (exact) mass is 192 g/mol. The highest BCUT2D eigenvalue weighted by Gasteiger charge is 2.17. The maximum atomic E-state index is 8.77. The summed E-state index contributed by atoms with van der Waals surface area (Å²) in [7, 11) is 0. The molecule has 1 aliphatic heterocycles. The number of hydrogen-bond acceptors (Lipinski definition) is 3. The summed E-state index contributed by atoms with van der Waals surface area (Å²) >= 11 is 0. The standard InChI is InChI=1S/C11H16N2O/c12-10-2-3-11-9(8-10)4-6-13(11)5-1-7-14/h2-3,8,14H,1,4-7,12H2. The Balaban J connectivity index is 2.14. The summed E-state index contributed by atoms with van der Waals surface area (Å²) < 4.78 is 0. The van der Waals surface area contributed by atoms with Gasteiger partial charge in [-0.2, -0.15) is 0 Å². The van der Waals surface area contributed by atoms with Crippen LogP contribution in [-0.2, 0) is 6.42 Å². The summed E-state index contributed by atoms with van der Waals surface area (Å²) in [6.07, 6.45) is 1.91. The van der Waals surface area contributed by atoms with E-state index in [9.17, 15) is 0 Å². The summed E-state index contributed by atoms with van der Waals surface area (Å²) in [4.78, 5) is 2.31. The second kappa shape index (κ2) is 3.88. The number of nitrogen functional groups attached to an aromatic ring is 1. The van der Waals surface area contributed by atoms with E-state index < -0.39 is 0 Å². The molecule has 0 unspecified atom stereocenters. The zero-order chi connectivity index (χ0) is 9.97. The highest BCUT2D eigenvalue weighted by molar-refractivity contribution is 5.62. The van der Waals surface area contributed by atoms with E-state index >= 15 is 0 Å². The summed E-state index contributed by atoms with van der Waals surface area (Å²) in [5.74, 6) is 0. The molecule has 3 heteroatoms. The van der Waals surface area contributed by atoms with E-state index in [0.29, 0.717) is 0 Å². The third-order valence-corrected chi connectivity index (χ3v) is 2.68. The minimum atomic E-state index is 0.265. The number of rotatable bonds is 3. The Hall–Kier alpha value is -1.22. The number of benzene rings is 1. The molecule has 0 bridgehead atoms. The van der Waals surface area contributed by atoms with E-state index in [1.807, 2.05) is 12.1 Å². The molecular weight excluding hydrogens is 176 g/mol. The van der Waals surface area contributed by atoms with Gasteiger partial charge in [0.05, 0.1) is 0 Å². The lowest BCUT2D eigenvalue weighted by atomic mass is 10.1. The van der Waals surface area contributed by atoms with Crippen LogP contribution in [0.3, 0.4) is 0 Å². The Morgan fingerprint density at radius 1 is 1.43 bits per heavy atom. The summed E-state index contributed by atoms with van der Waals surface area (Å²) in [5, 5.41) is 8.77. The first kappa shape index (κ1) is 9.34. The first-order valence-corrected chi connectivity index (χ1v) is 5.05. The lowest BCUT2D eigenvalue weighted by Crippen LogP contribution is -2.22. The van der Waals surface area contributed by atoms with Gasteiger partial charge in [0.25, 0.3) is 0 Å². The van der Waals surface area contributed by atoms with Crippen LogP contribution in [0, 0.1) is 0 Å². The van der Waals surface area contributed by atoms with Crippen LogP contribution in [0.4, 0.5) is 11.4 Å². The molecule has 14 heavy (non-hydrogen) atoms. The largest absolute Gasteiger partial charge is 0.399 e. The number of nitrogens with two attached hydrogens (primary N) is 1. The fourth-order valence-electron chi connectivity index (χ4n) is 1.98. The van der Waals surface area contributed by atoms with Crippen molar-refractivity contribution in [1.82, 2.24) is 0 Å². The van der Waals surface area contributed by atoms with E-state index in [-0.39, 0.29) is 6.61 Å². The average molecular weight is 192 g/mol. The van der Waals surface area contributed by atoms with Gasteiger partial charge in [0.2, 0.25) is 0 Å². The molecule has 0 amide bonds. The predicted molar refractivity (Wildman–Crippen MR) is 58.5 cm³/mol. The molecule has 0 aliphatic carbocycles. The van der Waals surface area contributed by atoms with E-state index in [2.05, 4.69) is 11.0 Å². The highest BCUT2D eigenvalue weighted by atomic mass is 16.3. The number of nitrogens with zero attached hydrogens (tertiary/aromatic N) is 1. The van der Waals surface area contributed by atoms with Crippen molar-refractivity contribution in [2.45, 2.75) is 12.8 Å². The van der Waals surface area contributed by atoms with Crippen molar-refractivity contribution in [3.8, 4) is 0 Å². The van der Waals surface area contributed by atoms with Crippen molar-refractivity contribution in [2.75, 3.05) is 30.3 Å². The number of fused-ring (bicyclic) bond motifs is 1. The second-order valence-corrected chi connectivity index (χ2v) is 3.70. The summed E-state index contributed by atoms with van der Waals surface area (Å²) in [6.45, 7) is 2.26. The normalized spacial score (nSPS) is 14.5. The number of hydrogen-bond donors (Lipinski definition) is 2. The van der Waals surface area contributed by atoms with Crippen molar-refractivity contribution in [1.29, 1.82) is 0 Å². The topological polar surface area (TPSA) is 49.5 Å². The van der Waals surface area contributed by atoms with Crippen molar-refractivity contribution < 1.29 is 5.11 Å². The summed E-state index contributed by atoms with van der Waals surface area (Å²) in [5.41, 5.74) is 9.18. The van der Waals surface area contributed by atoms with E-state index in [1.54, 1.807) is 0 Å². The second-order valence-electron chi connectivity index (χ2n) is 3.70. The Bertz CT molecular complexity index is 325. The molecule has 76 valence electrons. The van der Waals surface area contributed by atoms with Gasteiger partial charge in [0, 0.05) is 31.1 Å². The Morgan fingerprint density at radius 3 is 3.07 bits per heavy atom. The third-order valence-electron chi connectivity index (χ3n) is 2.68. The first-order chi connectivity index (χ1) is 6.81. The van der Waals surface area contributed by atoms with E-state index in [1.165, 1.54) is 11.3 Å². The zero-order valence-electron chi connectivity index (χ0n) is 8.24. The molecule has 1 aromatic rings. The van der Waals surface area contributed by atoms with Crippen molar-refractivity contribution in [2.24, 2.45) is 0 Å². The van der Waals surface area contributed by atoms with Gasteiger partial charge >= 0.3 is 0 Å². The zero-order valence-corrected chi connectivity index (χ0v) is 8.24. The Kier molecular flexibility index (Phi) is 2.59.